The van der Waals surface area contributed by atoms with Crippen LogP contribution < -0.4 is 5.32 Å². The molecule has 27 heavy (non-hydrogen) atoms. The number of nitrogens with one attached hydrogen (secondary N) is 1. The predicted octanol–water partition coefficient (Wildman–Crippen LogP) is 6.02. The quantitative estimate of drug-likeness (QED) is 0.644. The van der Waals surface area contributed by atoms with Crippen LogP contribution in [-0.2, 0) is 9.59 Å². The molecule has 142 valence electrons. The smallest absolute Gasteiger partial charge is 0.230 e. The van der Waals surface area contributed by atoms with E-state index in [-0.39, 0.29) is 22.4 Å². The first-order valence-electron chi connectivity index (χ1n) is 9.67. The Morgan fingerprint density at radius 2 is 1.59 bits per heavy atom. The van der Waals surface area contributed by atoms with Gasteiger partial charge in [0.05, 0.1) is 11.6 Å². The van der Waals surface area contributed by atoms with Gasteiger partial charge >= 0.3 is 0 Å². The molecule has 0 spiro atoms. The maximum absolute atomic E-state index is 12.9. The summed E-state index contributed by atoms with van der Waals surface area (Å²) < 4.78 is 0. The second-order valence-electron chi connectivity index (χ2n) is 7.63. The van der Waals surface area contributed by atoms with Crippen molar-refractivity contribution in [2.75, 3.05) is 5.32 Å². The van der Waals surface area contributed by atoms with Crippen molar-refractivity contribution < 1.29 is 9.59 Å². The number of rotatable bonds is 5. The monoisotopic (exact) mass is 381 g/mol. The SMILES string of the molecule is C[C@@H](C(=O)Sc1ccccc1NC(=O)C1(C)CCCCC1)c1ccccc1. The molecule has 1 fully saturated rings. The van der Waals surface area contributed by atoms with E-state index in [9.17, 15) is 9.59 Å². The molecule has 1 amide bonds. The summed E-state index contributed by atoms with van der Waals surface area (Å²) in [5.41, 5.74) is 1.43. The highest BCUT2D eigenvalue weighted by atomic mass is 32.2. The van der Waals surface area contributed by atoms with Crippen molar-refractivity contribution in [1.82, 2.24) is 0 Å². The van der Waals surface area contributed by atoms with Crippen LogP contribution in [0.25, 0.3) is 0 Å². The summed E-state index contributed by atoms with van der Waals surface area (Å²) in [4.78, 5) is 26.4. The lowest BCUT2D eigenvalue weighted by Gasteiger charge is -2.32. The third-order valence-electron chi connectivity index (χ3n) is 5.50. The van der Waals surface area contributed by atoms with E-state index >= 15 is 0 Å². The lowest BCUT2D eigenvalue weighted by atomic mass is 9.75. The number of hydrogen-bond acceptors (Lipinski definition) is 3. The van der Waals surface area contributed by atoms with Crippen molar-refractivity contribution in [1.29, 1.82) is 0 Å². The number of carbonyl (C=O) groups is 2. The fourth-order valence-corrected chi connectivity index (χ4v) is 4.47. The topological polar surface area (TPSA) is 46.2 Å². The van der Waals surface area contributed by atoms with E-state index in [0.717, 1.165) is 41.8 Å². The van der Waals surface area contributed by atoms with Gasteiger partial charge in [0, 0.05) is 10.3 Å². The third kappa shape index (κ3) is 4.81. The van der Waals surface area contributed by atoms with Gasteiger partial charge in [-0.1, -0.05) is 75.6 Å². The van der Waals surface area contributed by atoms with Crippen LogP contribution in [0.2, 0.25) is 0 Å². The van der Waals surface area contributed by atoms with E-state index in [1.165, 1.54) is 18.2 Å². The molecule has 1 saturated carbocycles. The van der Waals surface area contributed by atoms with Gasteiger partial charge in [0.25, 0.3) is 0 Å². The molecule has 4 heteroatoms. The molecular formula is C23H27NO2S. The lowest BCUT2D eigenvalue weighted by molar-refractivity contribution is -0.126. The minimum absolute atomic E-state index is 0.0683. The van der Waals surface area contributed by atoms with E-state index in [1.54, 1.807) is 0 Å². The number of thioether (sulfide) groups is 1. The minimum Gasteiger partial charge on any atom is -0.325 e. The molecule has 1 aliphatic rings. The third-order valence-corrected chi connectivity index (χ3v) is 6.63. The van der Waals surface area contributed by atoms with Gasteiger partial charge in [0.1, 0.15) is 0 Å². The molecule has 0 radical (unpaired) electrons. The van der Waals surface area contributed by atoms with Crippen LogP contribution in [0.4, 0.5) is 5.69 Å². The van der Waals surface area contributed by atoms with Gasteiger partial charge in [-0.15, -0.1) is 0 Å². The molecule has 2 aromatic rings. The molecule has 0 unspecified atom stereocenters. The summed E-state index contributed by atoms with van der Waals surface area (Å²) in [6, 6.07) is 17.4. The van der Waals surface area contributed by atoms with Crippen LogP contribution in [0.5, 0.6) is 0 Å². The molecule has 2 aromatic carbocycles. The summed E-state index contributed by atoms with van der Waals surface area (Å²) >= 11 is 1.21. The summed E-state index contributed by atoms with van der Waals surface area (Å²) in [5.74, 6) is -0.130. The highest BCUT2D eigenvalue weighted by Crippen LogP contribution is 2.38. The van der Waals surface area contributed by atoms with Crippen molar-refractivity contribution in [2.24, 2.45) is 5.41 Å². The molecule has 0 aromatic heterocycles. The normalized spacial score (nSPS) is 17.1. The largest absolute Gasteiger partial charge is 0.325 e. The lowest BCUT2D eigenvalue weighted by Crippen LogP contribution is -2.35. The van der Waals surface area contributed by atoms with Gasteiger partial charge < -0.3 is 5.32 Å². The number of hydrogen-bond donors (Lipinski definition) is 1. The Hall–Kier alpha value is -2.07. The van der Waals surface area contributed by atoms with E-state index in [2.05, 4.69) is 12.2 Å². The Bertz CT molecular complexity index is 797. The van der Waals surface area contributed by atoms with Gasteiger partial charge in [0.15, 0.2) is 0 Å². The molecule has 1 atom stereocenters. The average Bonchev–Trinajstić information content (AvgIpc) is 2.70. The molecule has 3 nitrogen and oxygen atoms in total. The van der Waals surface area contributed by atoms with E-state index in [1.807, 2.05) is 61.5 Å². The predicted molar refractivity (Wildman–Crippen MR) is 112 cm³/mol. The molecule has 3 rings (SSSR count). The number of para-hydroxylation sites is 1. The van der Waals surface area contributed by atoms with Gasteiger partial charge in [0.2, 0.25) is 11.0 Å². The Morgan fingerprint density at radius 1 is 0.963 bits per heavy atom. The first-order chi connectivity index (χ1) is 13.0. The summed E-state index contributed by atoms with van der Waals surface area (Å²) in [6.07, 6.45) is 5.28. The Balaban J connectivity index is 1.72. The Morgan fingerprint density at radius 3 is 2.30 bits per heavy atom. The maximum atomic E-state index is 12.9. The van der Waals surface area contributed by atoms with Crippen molar-refractivity contribution in [3.8, 4) is 0 Å². The minimum atomic E-state index is -0.308. The van der Waals surface area contributed by atoms with Crippen molar-refractivity contribution in [2.45, 2.75) is 56.8 Å². The summed E-state index contributed by atoms with van der Waals surface area (Å²) in [7, 11) is 0. The van der Waals surface area contributed by atoms with Crippen LogP contribution in [0.1, 0.15) is 57.4 Å². The fraction of sp³-hybridized carbons (Fsp3) is 0.391. The van der Waals surface area contributed by atoms with Crippen molar-refractivity contribution in [3.05, 3.63) is 60.2 Å². The van der Waals surface area contributed by atoms with Gasteiger partial charge in [-0.05, 0) is 42.3 Å². The zero-order chi connectivity index (χ0) is 19.3. The fourth-order valence-electron chi connectivity index (χ4n) is 3.57. The highest BCUT2D eigenvalue weighted by Gasteiger charge is 2.34. The summed E-state index contributed by atoms with van der Waals surface area (Å²) in [6.45, 7) is 3.98. The maximum Gasteiger partial charge on any atom is 0.230 e. The van der Waals surface area contributed by atoms with Crippen LogP contribution in [0.15, 0.2) is 59.5 Å². The molecule has 1 aliphatic carbocycles. The van der Waals surface area contributed by atoms with E-state index in [4.69, 9.17) is 0 Å². The number of amides is 1. The van der Waals surface area contributed by atoms with Crippen molar-refractivity contribution >= 4 is 28.5 Å². The second kappa shape index (κ2) is 8.75. The van der Waals surface area contributed by atoms with Gasteiger partial charge in [-0.25, -0.2) is 0 Å². The molecule has 0 aliphatic heterocycles. The van der Waals surface area contributed by atoms with Gasteiger partial charge in [-0.3, -0.25) is 9.59 Å². The first kappa shape index (κ1) is 19.7. The van der Waals surface area contributed by atoms with Crippen LogP contribution in [-0.4, -0.2) is 11.0 Å². The molecule has 0 bridgehead atoms. The van der Waals surface area contributed by atoms with Crippen molar-refractivity contribution in [3.63, 3.8) is 0 Å². The van der Waals surface area contributed by atoms with E-state index in [0.29, 0.717) is 0 Å². The first-order valence-corrected chi connectivity index (χ1v) is 10.5. The highest BCUT2D eigenvalue weighted by molar-refractivity contribution is 8.13. The summed E-state index contributed by atoms with van der Waals surface area (Å²) in [5, 5.41) is 3.17. The zero-order valence-electron chi connectivity index (χ0n) is 16.0. The van der Waals surface area contributed by atoms with Crippen LogP contribution in [0, 0.1) is 5.41 Å². The molecular weight excluding hydrogens is 354 g/mol. The number of benzene rings is 2. The number of carbonyl (C=O) groups excluding carboxylic acids is 2. The van der Waals surface area contributed by atoms with Crippen LogP contribution >= 0.6 is 11.8 Å². The van der Waals surface area contributed by atoms with Gasteiger partial charge in [-0.2, -0.15) is 0 Å². The Kier molecular flexibility index (Phi) is 6.38. The van der Waals surface area contributed by atoms with Crippen LogP contribution in [0.3, 0.4) is 0 Å². The number of anilines is 1. The second-order valence-corrected chi connectivity index (χ2v) is 8.67. The zero-order valence-corrected chi connectivity index (χ0v) is 16.9. The van der Waals surface area contributed by atoms with E-state index < -0.39 is 0 Å². The average molecular weight is 382 g/mol. The standard InChI is InChI=1S/C23H27NO2S/c1-17(18-11-5-3-6-12-18)21(25)27-20-14-8-7-13-19(20)24-22(26)23(2)15-9-4-10-16-23/h3,5-8,11-14,17H,4,9-10,15-16H2,1-2H3,(H,24,26)/t17-/m1/s1. The molecule has 0 saturated heterocycles. The molecule has 1 N–H and O–H groups in total. The Labute approximate surface area is 165 Å². The molecule has 0 heterocycles.